The summed E-state index contributed by atoms with van der Waals surface area (Å²) in [5, 5.41) is 3.13. The van der Waals surface area contributed by atoms with Gasteiger partial charge in [0.15, 0.2) is 0 Å². The molecule has 0 saturated heterocycles. The van der Waals surface area contributed by atoms with Gasteiger partial charge in [0.25, 0.3) is 0 Å². The van der Waals surface area contributed by atoms with Crippen LogP contribution in [0.5, 0.6) is 0 Å². The fourth-order valence-electron chi connectivity index (χ4n) is 1.38. The van der Waals surface area contributed by atoms with Crippen molar-refractivity contribution in [2.45, 2.75) is 30.4 Å². The summed E-state index contributed by atoms with van der Waals surface area (Å²) in [4.78, 5) is 0.297. The van der Waals surface area contributed by atoms with Gasteiger partial charge in [-0.2, -0.15) is 11.8 Å². The van der Waals surface area contributed by atoms with Crippen LogP contribution in [0.2, 0.25) is 0 Å². The van der Waals surface area contributed by atoms with Crippen molar-refractivity contribution in [2.24, 2.45) is 0 Å². The second-order valence-electron chi connectivity index (χ2n) is 4.84. The molecule has 0 aliphatic carbocycles. The summed E-state index contributed by atoms with van der Waals surface area (Å²) in [6, 6.07) is 6.79. The van der Waals surface area contributed by atoms with Crippen LogP contribution in [0.3, 0.4) is 0 Å². The fourth-order valence-corrected chi connectivity index (χ4v) is 2.90. The SMILES string of the molecule is CCNc1ccc(S(=O)(=O)NCC(C)(C)SC)cc1. The van der Waals surface area contributed by atoms with Crippen molar-refractivity contribution in [1.29, 1.82) is 0 Å². The Kier molecular flexibility index (Phi) is 5.70. The standard InChI is InChI=1S/C13H22N2O2S2/c1-5-14-11-6-8-12(9-7-11)19(16,17)15-10-13(2,3)18-4/h6-9,14-15H,5,10H2,1-4H3. The van der Waals surface area contributed by atoms with Crippen molar-refractivity contribution in [1.82, 2.24) is 4.72 Å². The third-order valence-corrected chi connectivity index (χ3v) is 5.45. The molecule has 0 bridgehead atoms. The van der Waals surface area contributed by atoms with Crippen LogP contribution in [0.25, 0.3) is 0 Å². The number of sulfonamides is 1. The minimum absolute atomic E-state index is 0.114. The quantitative estimate of drug-likeness (QED) is 0.812. The van der Waals surface area contributed by atoms with Crippen LogP contribution in [-0.4, -0.2) is 32.5 Å². The van der Waals surface area contributed by atoms with Crippen molar-refractivity contribution in [2.75, 3.05) is 24.7 Å². The first-order chi connectivity index (χ1) is 8.80. The largest absolute Gasteiger partial charge is 0.385 e. The van der Waals surface area contributed by atoms with E-state index in [1.54, 1.807) is 36.0 Å². The van der Waals surface area contributed by atoms with E-state index < -0.39 is 10.0 Å². The number of nitrogens with one attached hydrogen (secondary N) is 2. The Hall–Kier alpha value is -0.720. The lowest BCUT2D eigenvalue weighted by Gasteiger charge is -2.22. The van der Waals surface area contributed by atoms with Gasteiger partial charge in [-0.05, 0) is 51.3 Å². The molecule has 0 amide bonds. The maximum absolute atomic E-state index is 12.1. The third-order valence-electron chi connectivity index (χ3n) is 2.79. The second-order valence-corrected chi connectivity index (χ2v) is 8.12. The van der Waals surface area contributed by atoms with E-state index >= 15 is 0 Å². The van der Waals surface area contributed by atoms with Crippen molar-refractivity contribution in [3.8, 4) is 0 Å². The molecule has 0 aromatic heterocycles. The van der Waals surface area contributed by atoms with E-state index in [-0.39, 0.29) is 4.75 Å². The predicted octanol–water partition coefficient (Wildman–Crippen LogP) is 2.54. The van der Waals surface area contributed by atoms with Crippen LogP contribution >= 0.6 is 11.8 Å². The minimum Gasteiger partial charge on any atom is -0.385 e. The van der Waals surface area contributed by atoms with Gasteiger partial charge in [-0.1, -0.05) is 0 Å². The first-order valence-electron chi connectivity index (χ1n) is 6.19. The second kappa shape index (κ2) is 6.63. The Morgan fingerprint density at radius 1 is 1.21 bits per heavy atom. The van der Waals surface area contributed by atoms with E-state index in [0.29, 0.717) is 11.4 Å². The van der Waals surface area contributed by atoms with Gasteiger partial charge in [-0.25, -0.2) is 13.1 Å². The Balaban J connectivity index is 2.77. The van der Waals surface area contributed by atoms with E-state index in [0.717, 1.165) is 12.2 Å². The van der Waals surface area contributed by atoms with Gasteiger partial charge in [-0.3, -0.25) is 0 Å². The van der Waals surface area contributed by atoms with Gasteiger partial charge >= 0.3 is 0 Å². The molecular formula is C13H22N2O2S2. The molecule has 0 unspecified atom stereocenters. The summed E-state index contributed by atoms with van der Waals surface area (Å²) < 4.78 is 26.8. The minimum atomic E-state index is -3.43. The van der Waals surface area contributed by atoms with E-state index in [2.05, 4.69) is 10.0 Å². The highest BCUT2D eigenvalue weighted by molar-refractivity contribution is 8.00. The van der Waals surface area contributed by atoms with Crippen LogP contribution < -0.4 is 10.0 Å². The molecule has 2 N–H and O–H groups in total. The highest BCUT2D eigenvalue weighted by Gasteiger charge is 2.21. The maximum Gasteiger partial charge on any atom is 0.240 e. The molecular weight excluding hydrogens is 280 g/mol. The molecule has 1 rings (SSSR count). The summed E-state index contributed by atoms with van der Waals surface area (Å²) in [5.74, 6) is 0. The number of rotatable bonds is 7. The molecule has 0 radical (unpaired) electrons. The van der Waals surface area contributed by atoms with Gasteiger partial charge in [0.2, 0.25) is 10.0 Å². The summed E-state index contributed by atoms with van der Waals surface area (Å²) in [6.07, 6.45) is 1.97. The number of anilines is 1. The molecule has 0 aliphatic rings. The molecule has 0 aliphatic heterocycles. The Morgan fingerprint density at radius 2 is 1.79 bits per heavy atom. The van der Waals surface area contributed by atoms with E-state index in [1.165, 1.54) is 0 Å². The molecule has 1 aromatic rings. The maximum atomic E-state index is 12.1. The van der Waals surface area contributed by atoms with Crippen molar-refractivity contribution in [3.63, 3.8) is 0 Å². The topological polar surface area (TPSA) is 58.2 Å². The first-order valence-corrected chi connectivity index (χ1v) is 8.90. The zero-order chi connectivity index (χ0) is 14.5. The predicted molar refractivity (Wildman–Crippen MR) is 83.4 cm³/mol. The third kappa shape index (κ3) is 5.04. The molecule has 108 valence electrons. The molecule has 0 fully saturated rings. The smallest absolute Gasteiger partial charge is 0.240 e. The zero-order valence-corrected chi connectivity index (χ0v) is 13.5. The lowest BCUT2D eigenvalue weighted by Crippen LogP contribution is -2.36. The summed E-state index contributed by atoms with van der Waals surface area (Å²) in [6.45, 7) is 7.23. The van der Waals surface area contributed by atoms with Gasteiger partial charge in [0.05, 0.1) is 4.90 Å². The average Bonchev–Trinajstić information content (AvgIpc) is 2.38. The zero-order valence-electron chi connectivity index (χ0n) is 11.9. The van der Waals surface area contributed by atoms with Crippen LogP contribution in [0.4, 0.5) is 5.69 Å². The van der Waals surface area contributed by atoms with Gasteiger partial charge in [0.1, 0.15) is 0 Å². The molecule has 4 nitrogen and oxygen atoms in total. The van der Waals surface area contributed by atoms with Crippen molar-refractivity contribution >= 4 is 27.5 Å². The van der Waals surface area contributed by atoms with Gasteiger partial charge in [0, 0.05) is 23.5 Å². The molecule has 0 saturated carbocycles. The lowest BCUT2D eigenvalue weighted by molar-refractivity contribution is 0.571. The Morgan fingerprint density at radius 3 is 2.26 bits per heavy atom. The van der Waals surface area contributed by atoms with E-state index in [1.807, 2.05) is 27.0 Å². The highest BCUT2D eigenvalue weighted by Crippen LogP contribution is 2.21. The summed E-state index contributed by atoms with van der Waals surface area (Å²) in [5.41, 5.74) is 0.922. The normalized spacial score (nSPS) is 12.4. The van der Waals surface area contributed by atoms with Crippen LogP contribution in [0, 0.1) is 0 Å². The highest BCUT2D eigenvalue weighted by atomic mass is 32.2. The number of benzene rings is 1. The molecule has 0 atom stereocenters. The Bertz CT molecular complexity index is 496. The number of hydrogen-bond donors (Lipinski definition) is 2. The van der Waals surface area contributed by atoms with Crippen molar-refractivity contribution in [3.05, 3.63) is 24.3 Å². The molecule has 19 heavy (non-hydrogen) atoms. The monoisotopic (exact) mass is 302 g/mol. The average molecular weight is 302 g/mol. The summed E-state index contributed by atoms with van der Waals surface area (Å²) >= 11 is 1.64. The van der Waals surface area contributed by atoms with E-state index in [4.69, 9.17) is 0 Å². The van der Waals surface area contributed by atoms with Gasteiger partial charge < -0.3 is 5.32 Å². The van der Waals surface area contributed by atoms with Crippen LogP contribution in [0.15, 0.2) is 29.2 Å². The number of hydrogen-bond acceptors (Lipinski definition) is 4. The van der Waals surface area contributed by atoms with Crippen molar-refractivity contribution < 1.29 is 8.42 Å². The van der Waals surface area contributed by atoms with Crippen LogP contribution in [0.1, 0.15) is 20.8 Å². The molecule has 1 aromatic carbocycles. The van der Waals surface area contributed by atoms with E-state index in [9.17, 15) is 8.42 Å². The Labute approximate surface area is 120 Å². The fraction of sp³-hybridized carbons (Fsp3) is 0.538. The molecule has 0 heterocycles. The van der Waals surface area contributed by atoms with Gasteiger partial charge in [-0.15, -0.1) is 0 Å². The molecule has 6 heteroatoms. The first kappa shape index (κ1) is 16.3. The lowest BCUT2D eigenvalue weighted by atomic mass is 10.2. The molecule has 0 spiro atoms. The summed E-state index contributed by atoms with van der Waals surface area (Å²) in [7, 11) is -3.43. The number of thioether (sulfide) groups is 1. The van der Waals surface area contributed by atoms with Crippen LogP contribution in [-0.2, 0) is 10.0 Å².